The van der Waals surface area contributed by atoms with E-state index in [-0.39, 0.29) is 0 Å². The lowest BCUT2D eigenvalue weighted by Gasteiger charge is -2.11. The highest BCUT2D eigenvalue weighted by atomic mass is 32.1. The molecule has 2 aromatic heterocycles. The van der Waals surface area contributed by atoms with E-state index in [9.17, 15) is 0 Å². The van der Waals surface area contributed by atoms with Crippen LogP contribution >= 0.6 is 11.3 Å². The molecule has 0 N–H and O–H groups in total. The van der Waals surface area contributed by atoms with Gasteiger partial charge in [-0.05, 0) is 50.8 Å². The number of hydrogen-bond acceptors (Lipinski definition) is 4. The predicted molar refractivity (Wildman–Crippen MR) is 117 cm³/mol. The summed E-state index contributed by atoms with van der Waals surface area (Å²) in [6.45, 7) is 9.22. The fourth-order valence-electron chi connectivity index (χ4n) is 3.86. The summed E-state index contributed by atoms with van der Waals surface area (Å²) in [5, 5.41) is 9.93. The molecule has 1 aromatic carbocycles. The maximum absolute atomic E-state index is 5.01. The number of hydrogen-bond donors (Lipinski definition) is 0. The van der Waals surface area contributed by atoms with E-state index in [1.807, 2.05) is 18.3 Å². The van der Waals surface area contributed by atoms with Crippen molar-refractivity contribution in [1.29, 1.82) is 0 Å². The third-order valence-electron chi connectivity index (χ3n) is 5.63. The van der Waals surface area contributed by atoms with E-state index in [4.69, 9.17) is 4.99 Å². The quantitative estimate of drug-likeness (QED) is 0.503. The summed E-state index contributed by atoms with van der Waals surface area (Å²) in [4.78, 5) is 6.45. The van der Waals surface area contributed by atoms with Crippen molar-refractivity contribution in [3.05, 3.63) is 63.0 Å². The zero-order valence-corrected chi connectivity index (χ0v) is 18.1. The fourth-order valence-corrected chi connectivity index (χ4v) is 5.13. The number of rotatable bonds is 6. The maximum Gasteiger partial charge on any atom is 0.160 e. The van der Waals surface area contributed by atoms with E-state index < -0.39 is 0 Å². The molecule has 1 aliphatic rings. The molecule has 0 fully saturated rings. The van der Waals surface area contributed by atoms with E-state index in [0.29, 0.717) is 6.54 Å². The van der Waals surface area contributed by atoms with Crippen LogP contribution in [0.1, 0.15) is 71.4 Å². The minimum absolute atomic E-state index is 0.566. The molecule has 146 valence electrons. The summed E-state index contributed by atoms with van der Waals surface area (Å²) < 4.78 is 2.21. The number of aromatic nitrogens is 3. The van der Waals surface area contributed by atoms with Gasteiger partial charge in [0.15, 0.2) is 5.82 Å². The van der Waals surface area contributed by atoms with Gasteiger partial charge >= 0.3 is 0 Å². The predicted octanol–water partition coefficient (Wildman–Crippen LogP) is 5.73. The van der Waals surface area contributed by atoms with Gasteiger partial charge < -0.3 is 0 Å². The largest absolute Gasteiger partial charge is 0.276 e. The van der Waals surface area contributed by atoms with Gasteiger partial charge in [0.25, 0.3) is 0 Å². The Morgan fingerprint density at radius 3 is 2.71 bits per heavy atom. The van der Waals surface area contributed by atoms with E-state index >= 15 is 0 Å². The van der Waals surface area contributed by atoms with Crippen molar-refractivity contribution < 1.29 is 0 Å². The number of unbranched alkanes of at least 4 members (excludes halogenated alkanes) is 3. The monoisotopic (exact) mass is 392 g/mol. The Labute approximate surface area is 171 Å². The van der Waals surface area contributed by atoms with Gasteiger partial charge in [0.2, 0.25) is 0 Å². The molecule has 0 spiro atoms. The van der Waals surface area contributed by atoms with Crippen LogP contribution in [-0.2, 0) is 13.0 Å². The smallest absolute Gasteiger partial charge is 0.160 e. The molecular weight excluding hydrogens is 364 g/mol. The molecule has 3 heterocycles. The van der Waals surface area contributed by atoms with Crippen LogP contribution < -0.4 is 0 Å². The van der Waals surface area contributed by atoms with E-state index in [1.165, 1.54) is 57.8 Å². The van der Waals surface area contributed by atoms with Crippen LogP contribution in [0.15, 0.2) is 29.3 Å². The summed E-state index contributed by atoms with van der Waals surface area (Å²) in [6, 6.07) is 8.86. The van der Waals surface area contributed by atoms with Crippen molar-refractivity contribution in [3.8, 4) is 5.00 Å². The second kappa shape index (κ2) is 8.00. The van der Waals surface area contributed by atoms with E-state index in [0.717, 1.165) is 23.8 Å². The Balaban J connectivity index is 1.80. The number of nitrogens with zero attached hydrogens (tertiary/aromatic N) is 4. The van der Waals surface area contributed by atoms with Crippen molar-refractivity contribution in [2.75, 3.05) is 0 Å². The van der Waals surface area contributed by atoms with Gasteiger partial charge in [0.05, 0.1) is 5.71 Å². The normalized spacial score (nSPS) is 13.1. The van der Waals surface area contributed by atoms with Gasteiger partial charge in [-0.15, -0.1) is 21.5 Å². The highest BCUT2D eigenvalue weighted by molar-refractivity contribution is 7.15. The molecule has 4 nitrogen and oxygen atoms in total. The van der Waals surface area contributed by atoms with Crippen molar-refractivity contribution >= 4 is 17.0 Å². The minimum atomic E-state index is 0.566. The van der Waals surface area contributed by atoms with E-state index in [2.05, 4.69) is 59.8 Å². The summed E-state index contributed by atoms with van der Waals surface area (Å²) >= 11 is 1.88. The molecule has 1 aliphatic heterocycles. The molecule has 0 amide bonds. The Morgan fingerprint density at radius 2 is 1.89 bits per heavy atom. The second-order valence-electron chi connectivity index (χ2n) is 7.65. The molecule has 0 unspecified atom stereocenters. The lowest BCUT2D eigenvalue weighted by atomic mass is 9.96. The first kappa shape index (κ1) is 19.1. The Morgan fingerprint density at radius 1 is 1.04 bits per heavy atom. The van der Waals surface area contributed by atoms with Crippen LogP contribution in [0.4, 0.5) is 0 Å². The van der Waals surface area contributed by atoms with Crippen LogP contribution in [0, 0.1) is 20.8 Å². The van der Waals surface area contributed by atoms with Crippen molar-refractivity contribution in [2.24, 2.45) is 4.99 Å². The Bertz CT molecular complexity index is 1030. The molecule has 28 heavy (non-hydrogen) atoms. The Kier molecular flexibility index (Phi) is 5.44. The maximum atomic E-state index is 5.01. The minimum Gasteiger partial charge on any atom is -0.276 e. The van der Waals surface area contributed by atoms with Gasteiger partial charge in [0.1, 0.15) is 17.4 Å². The first-order valence-electron chi connectivity index (χ1n) is 10.3. The third kappa shape index (κ3) is 3.44. The summed E-state index contributed by atoms with van der Waals surface area (Å²) in [5.74, 6) is 1.87. The van der Waals surface area contributed by atoms with Gasteiger partial charge in [0, 0.05) is 16.0 Å². The highest BCUT2D eigenvalue weighted by Gasteiger charge is 2.25. The Hall–Kier alpha value is -2.27. The summed E-state index contributed by atoms with van der Waals surface area (Å²) in [7, 11) is 0. The first-order valence-corrected chi connectivity index (χ1v) is 11.1. The lowest BCUT2D eigenvalue weighted by Crippen LogP contribution is -2.07. The molecule has 4 rings (SSSR count). The number of benzene rings is 1. The van der Waals surface area contributed by atoms with Gasteiger partial charge in [-0.3, -0.25) is 9.56 Å². The summed E-state index contributed by atoms with van der Waals surface area (Å²) in [5.41, 5.74) is 6.16. The molecule has 5 heteroatoms. The molecule has 0 saturated carbocycles. The topological polar surface area (TPSA) is 43.1 Å². The summed E-state index contributed by atoms with van der Waals surface area (Å²) in [6.07, 6.45) is 6.27. The average Bonchev–Trinajstić information content (AvgIpc) is 3.22. The second-order valence-corrected chi connectivity index (χ2v) is 8.77. The van der Waals surface area contributed by atoms with Crippen molar-refractivity contribution in [2.45, 2.75) is 66.3 Å². The number of fused-ring (bicyclic) bond motifs is 3. The molecule has 0 aliphatic carbocycles. The highest BCUT2D eigenvalue weighted by Crippen LogP contribution is 2.34. The molecular formula is C23H28N4S. The van der Waals surface area contributed by atoms with E-state index in [1.54, 1.807) is 0 Å². The molecule has 0 radical (unpaired) electrons. The first-order chi connectivity index (χ1) is 13.6. The van der Waals surface area contributed by atoms with Crippen molar-refractivity contribution in [1.82, 2.24) is 14.8 Å². The fraction of sp³-hybridized carbons (Fsp3) is 0.435. The van der Waals surface area contributed by atoms with Crippen LogP contribution in [0.3, 0.4) is 0 Å². The van der Waals surface area contributed by atoms with Gasteiger partial charge in [-0.25, -0.2) is 0 Å². The van der Waals surface area contributed by atoms with Crippen LogP contribution in [0.25, 0.3) is 5.00 Å². The molecule has 0 atom stereocenters. The molecule has 3 aromatic rings. The third-order valence-corrected chi connectivity index (χ3v) is 6.81. The number of aliphatic imine (C=N–C) groups is 1. The van der Waals surface area contributed by atoms with Crippen molar-refractivity contribution in [3.63, 3.8) is 0 Å². The number of aryl methyl sites for hydroxylation is 3. The average molecular weight is 393 g/mol. The van der Waals surface area contributed by atoms with Crippen LogP contribution in [0.2, 0.25) is 0 Å². The van der Waals surface area contributed by atoms with Crippen LogP contribution in [-0.4, -0.2) is 20.5 Å². The van der Waals surface area contributed by atoms with Gasteiger partial charge in [-0.1, -0.05) is 44.4 Å². The van der Waals surface area contributed by atoms with Gasteiger partial charge in [-0.2, -0.15) is 0 Å². The number of thiophene rings is 1. The molecule has 0 saturated heterocycles. The van der Waals surface area contributed by atoms with Crippen LogP contribution in [0.5, 0.6) is 0 Å². The SMILES string of the molecule is CCCCCCc1cc2c(s1)-n1c(C)nnc1CN=C2c1cccc(C)c1C. The zero-order valence-electron chi connectivity index (χ0n) is 17.2. The standard InChI is InChI=1S/C23H28N4S/c1-5-6-7-8-11-18-13-20-22(19-12-9-10-15(2)16(19)3)24-14-21-26-25-17(4)27(21)23(20)28-18/h9-10,12-13H,5-8,11,14H2,1-4H3. The molecule has 0 bridgehead atoms. The lowest BCUT2D eigenvalue weighted by molar-refractivity contribution is 0.670. The zero-order chi connectivity index (χ0) is 19.7.